The fraction of sp³-hybridized carbons (Fsp3) is 0.545. The van der Waals surface area contributed by atoms with Crippen molar-refractivity contribution in [3.05, 3.63) is 12.1 Å². The van der Waals surface area contributed by atoms with E-state index >= 15 is 0 Å². The summed E-state index contributed by atoms with van der Waals surface area (Å²) in [5.41, 5.74) is 10.6. The molecule has 0 atom stereocenters. The van der Waals surface area contributed by atoms with Gasteiger partial charge in [-0.1, -0.05) is 17.6 Å². The molecule has 34 heavy (non-hydrogen) atoms. The second kappa shape index (κ2) is 10.5. The van der Waals surface area contributed by atoms with Gasteiger partial charge in [0.15, 0.2) is 0 Å². The van der Waals surface area contributed by atoms with Gasteiger partial charge in [-0.25, -0.2) is 0 Å². The number of nitrogens with two attached hydrogens (primary N) is 2. The van der Waals surface area contributed by atoms with Crippen LogP contribution in [0, 0.1) is 0 Å². The summed E-state index contributed by atoms with van der Waals surface area (Å²) in [6.07, 6.45) is 0. The lowest BCUT2D eigenvalue weighted by atomic mass is 9.79. The van der Waals surface area contributed by atoms with E-state index in [1.54, 1.807) is 67.5 Å². The molecule has 0 saturated carbocycles. The lowest BCUT2D eigenvalue weighted by Gasteiger charge is -2.37. The summed E-state index contributed by atoms with van der Waals surface area (Å²) in [5.74, 6) is 0. The van der Waals surface area contributed by atoms with Gasteiger partial charge in [0, 0.05) is 35.6 Å². The van der Waals surface area contributed by atoms with Crippen molar-refractivity contribution in [3.63, 3.8) is 0 Å². The van der Waals surface area contributed by atoms with Crippen LogP contribution in [0.15, 0.2) is 20.9 Å². The fourth-order valence-corrected chi connectivity index (χ4v) is 2.65. The van der Waals surface area contributed by atoms with E-state index in [1.165, 1.54) is 7.48 Å². The third-order valence-corrected chi connectivity index (χ3v) is 6.53. The number of benzene rings is 2. The van der Waals surface area contributed by atoms with Gasteiger partial charge in [-0.2, -0.15) is 8.73 Å². The molecule has 0 fully saturated rings. The Bertz CT molecular complexity index is 1060. The quantitative estimate of drug-likeness (QED) is 0.284. The molecule has 2 aromatic carbocycles. The summed E-state index contributed by atoms with van der Waals surface area (Å²) in [6.45, 7) is 13.2. The Kier molecular flexibility index (Phi) is 9.38. The van der Waals surface area contributed by atoms with Gasteiger partial charge >= 0.3 is 7.48 Å². The van der Waals surface area contributed by atoms with Crippen molar-refractivity contribution in [2.24, 2.45) is 8.73 Å². The zero-order valence-corrected chi connectivity index (χ0v) is 22.6. The molecule has 7 N–H and O–H groups in total. The second-order valence-corrected chi connectivity index (χ2v) is 10.5. The van der Waals surface area contributed by atoms with Gasteiger partial charge in [0.1, 0.15) is 13.5 Å². The van der Waals surface area contributed by atoms with Gasteiger partial charge in [0.2, 0.25) is 0 Å². The average Bonchev–Trinajstić information content (AvgIpc) is 2.65. The minimum Gasteiger partial charge on any atom is -0.427 e. The molecule has 0 heterocycles. The van der Waals surface area contributed by atoms with Crippen LogP contribution in [0.4, 0.5) is 22.7 Å². The SMILES string of the molecule is CC(C)(O)C(C)(C)O.[B]c1cc2c(N=S)c(N)c([B]OC(C)(C)C(C)(C)O)cc2c(N)c1N=S. The van der Waals surface area contributed by atoms with Crippen LogP contribution in [0.25, 0.3) is 10.8 Å². The zero-order valence-electron chi connectivity index (χ0n) is 20.9. The van der Waals surface area contributed by atoms with Gasteiger partial charge < -0.3 is 31.4 Å². The molecule has 0 saturated heterocycles. The number of fused-ring (bicyclic) bond motifs is 1. The van der Waals surface area contributed by atoms with Crippen molar-refractivity contribution in [2.45, 2.75) is 77.8 Å². The van der Waals surface area contributed by atoms with Gasteiger partial charge in [0.05, 0.1) is 39.5 Å². The van der Waals surface area contributed by atoms with Crippen LogP contribution in [0.1, 0.15) is 55.4 Å². The third-order valence-electron chi connectivity index (χ3n) is 6.16. The first-order valence-electron chi connectivity index (χ1n) is 10.5. The number of hydrogen-bond acceptors (Lipinski definition) is 10. The van der Waals surface area contributed by atoms with Crippen molar-refractivity contribution in [1.82, 2.24) is 0 Å². The number of anilines is 2. The topological polar surface area (TPSA) is 147 Å². The predicted octanol–water partition coefficient (Wildman–Crippen LogP) is 1.86. The molecule has 0 amide bonds. The monoisotopic (exact) mass is 503 g/mol. The molecule has 183 valence electrons. The first-order chi connectivity index (χ1) is 15.2. The second-order valence-electron chi connectivity index (χ2n) is 10.2. The Hall–Kier alpha value is -1.69. The van der Waals surface area contributed by atoms with Crippen LogP contribution in [-0.2, 0) is 29.5 Å². The van der Waals surface area contributed by atoms with Gasteiger partial charge in [0.25, 0.3) is 0 Å². The summed E-state index contributed by atoms with van der Waals surface area (Å²) in [7, 11) is 7.41. The molecule has 3 radical (unpaired) electrons. The largest absolute Gasteiger partial charge is 0.427 e. The maximum atomic E-state index is 10.2. The van der Waals surface area contributed by atoms with Crippen LogP contribution < -0.4 is 22.4 Å². The van der Waals surface area contributed by atoms with Crippen molar-refractivity contribution in [3.8, 4) is 0 Å². The van der Waals surface area contributed by atoms with Crippen molar-refractivity contribution < 1.29 is 20.0 Å². The maximum Gasteiger partial charge on any atom is 0.333 e. The zero-order chi connectivity index (χ0) is 26.9. The Labute approximate surface area is 214 Å². The molecule has 0 aliphatic rings. The van der Waals surface area contributed by atoms with E-state index in [0.717, 1.165) is 0 Å². The molecule has 8 nitrogen and oxygen atoms in total. The highest BCUT2D eigenvalue weighted by molar-refractivity contribution is 7.47. The standard InChI is InChI=1S/C16H19B2N4O2S2.C6H14O2/c1-15(2,23)16(3,4)24-18-10-6-7-8(13(21-25)12(10)20)5-9(17)14(22-26)11(7)19;1-5(2,7)6(3,4)8/h5-6,23H,19-20H2,1-4H3;7-8H,1-4H3. The summed E-state index contributed by atoms with van der Waals surface area (Å²) in [6, 6.07) is 3.37. The van der Waals surface area contributed by atoms with E-state index in [2.05, 4.69) is 8.73 Å². The maximum absolute atomic E-state index is 10.2. The first kappa shape index (κ1) is 30.3. The molecule has 2 rings (SSSR count). The highest BCUT2D eigenvalue weighted by Crippen LogP contribution is 2.37. The normalized spacial score (nSPS) is 12.7. The number of hydrogen-bond donors (Lipinski definition) is 5. The van der Waals surface area contributed by atoms with Crippen molar-refractivity contribution in [1.29, 1.82) is 0 Å². The first-order valence-corrected chi connectivity index (χ1v) is 11.2. The molecule has 2 aromatic rings. The fourth-order valence-electron chi connectivity index (χ4n) is 2.25. The molecule has 0 aliphatic heterocycles. The minimum atomic E-state index is -1.08. The van der Waals surface area contributed by atoms with Gasteiger partial charge in [-0.05, 0) is 60.9 Å². The van der Waals surface area contributed by atoms with E-state index < -0.39 is 22.4 Å². The molecule has 0 unspecified atom stereocenters. The smallest absolute Gasteiger partial charge is 0.333 e. The van der Waals surface area contributed by atoms with E-state index in [0.29, 0.717) is 44.4 Å². The summed E-state index contributed by atoms with van der Waals surface area (Å²) < 4.78 is 13.4. The molecule has 0 aliphatic carbocycles. The Morgan fingerprint density at radius 1 is 0.794 bits per heavy atom. The van der Waals surface area contributed by atoms with Crippen LogP contribution in [0.3, 0.4) is 0 Å². The highest BCUT2D eigenvalue weighted by Gasteiger charge is 2.36. The van der Waals surface area contributed by atoms with Crippen LogP contribution in [0.5, 0.6) is 0 Å². The van der Waals surface area contributed by atoms with Gasteiger partial charge in [-0.3, -0.25) is 0 Å². The van der Waals surface area contributed by atoms with Crippen LogP contribution in [0.2, 0.25) is 0 Å². The van der Waals surface area contributed by atoms with E-state index in [9.17, 15) is 5.11 Å². The summed E-state index contributed by atoms with van der Waals surface area (Å²) >= 11 is 9.64. The third kappa shape index (κ3) is 6.71. The van der Waals surface area contributed by atoms with Gasteiger partial charge in [-0.15, -0.1) is 0 Å². The minimum absolute atomic E-state index is 0.311. The molecular formula is C22H33B2N4O4S2. The van der Waals surface area contributed by atoms with Crippen molar-refractivity contribution in [2.75, 3.05) is 11.5 Å². The van der Waals surface area contributed by atoms with Crippen LogP contribution in [-0.4, -0.2) is 53.1 Å². The Morgan fingerprint density at radius 2 is 1.26 bits per heavy atom. The number of aliphatic hydroxyl groups is 3. The molecule has 0 spiro atoms. The summed E-state index contributed by atoms with van der Waals surface area (Å²) in [5, 5.41) is 29.7. The lowest BCUT2D eigenvalue weighted by Crippen LogP contribution is -2.49. The Balaban J connectivity index is 0.000000620. The Morgan fingerprint density at radius 3 is 1.65 bits per heavy atom. The molecule has 12 heteroatoms. The van der Waals surface area contributed by atoms with E-state index in [-0.39, 0.29) is 0 Å². The molecular weight excluding hydrogens is 470 g/mol. The lowest BCUT2D eigenvalue weighted by molar-refractivity contribution is -0.107. The van der Waals surface area contributed by atoms with E-state index in [1.807, 2.05) is 0 Å². The van der Waals surface area contributed by atoms with Crippen LogP contribution >= 0.6 is 0 Å². The number of nitrogen functional groups attached to an aromatic ring is 2. The van der Waals surface area contributed by atoms with E-state index in [4.69, 9.17) is 59.0 Å². The number of nitrogens with zero attached hydrogens (tertiary/aromatic N) is 2. The molecule has 0 bridgehead atoms. The van der Waals surface area contributed by atoms with Crippen molar-refractivity contribution >= 4 is 84.6 Å². The highest BCUT2D eigenvalue weighted by atomic mass is 32.1. The molecule has 0 aromatic heterocycles. The predicted molar refractivity (Wildman–Crippen MR) is 147 cm³/mol. The number of rotatable bonds is 7. The average molecular weight is 503 g/mol. The summed E-state index contributed by atoms with van der Waals surface area (Å²) in [4.78, 5) is 0.